The number of pyridine rings is 1. The summed E-state index contributed by atoms with van der Waals surface area (Å²) < 4.78 is 2.74. The van der Waals surface area contributed by atoms with E-state index in [9.17, 15) is 4.79 Å². The van der Waals surface area contributed by atoms with Gasteiger partial charge in [-0.2, -0.15) is 5.10 Å². The van der Waals surface area contributed by atoms with E-state index in [2.05, 4.69) is 56.0 Å². The molecule has 0 aromatic carbocycles. The molecular formula is C17H21BrN6OS. The van der Waals surface area contributed by atoms with Crippen LogP contribution in [-0.4, -0.2) is 20.8 Å². The molecule has 0 saturated heterocycles. The van der Waals surface area contributed by atoms with Crippen LogP contribution in [-0.2, 0) is 7.05 Å². The summed E-state index contributed by atoms with van der Waals surface area (Å²) in [6.07, 6.45) is 0. The zero-order valence-electron chi connectivity index (χ0n) is 15.3. The summed E-state index contributed by atoms with van der Waals surface area (Å²) >= 11 is 4.94. The minimum atomic E-state index is -0.354. The molecule has 0 fully saturated rings. The lowest BCUT2D eigenvalue weighted by atomic mass is 10.00. The second-order valence-corrected chi connectivity index (χ2v) is 8.49. The SMILES string of the molecule is Cc1sc(NC(=O)NNc2cc(C(C)C)c3c(C)nn(C)c3n2)cc1Br. The van der Waals surface area contributed by atoms with E-state index in [-0.39, 0.29) is 6.03 Å². The molecule has 0 aliphatic carbocycles. The van der Waals surface area contributed by atoms with Crippen LogP contribution in [0.5, 0.6) is 0 Å². The lowest BCUT2D eigenvalue weighted by Crippen LogP contribution is -2.33. The number of thiophene rings is 1. The van der Waals surface area contributed by atoms with Crippen LogP contribution in [0.25, 0.3) is 11.0 Å². The van der Waals surface area contributed by atoms with E-state index in [1.54, 1.807) is 4.68 Å². The quantitative estimate of drug-likeness (QED) is 0.518. The van der Waals surface area contributed by atoms with E-state index in [1.165, 1.54) is 11.3 Å². The number of urea groups is 1. The van der Waals surface area contributed by atoms with Gasteiger partial charge in [-0.1, -0.05) is 13.8 Å². The van der Waals surface area contributed by atoms with E-state index < -0.39 is 0 Å². The molecule has 9 heteroatoms. The first kappa shape index (κ1) is 18.7. The van der Waals surface area contributed by atoms with Crippen LogP contribution in [0, 0.1) is 13.8 Å². The lowest BCUT2D eigenvalue weighted by Gasteiger charge is -2.13. The summed E-state index contributed by atoms with van der Waals surface area (Å²) in [6.45, 7) is 8.22. The molecule has 0 unspecified atom stereocenters. The second kappa shape index (κ2) is 7.24. The number of aryl methyl sites for hydroxylation is 3. The Kier molecular flexibility index (Phi) is 5.19. The summed E-state index contributed by atoms with van der Waals surface area (Å²) in [5, 5.41) is 9.09. The van der Waals surface area contributed by atoms with Gasteiger partial charge in [-0.05, 0) is 53.4 Å². The van der Waals surface area contributed by atoms with Crippen LogP contribution >= 0.6 is 27.3 Å². The maximum Gasteiger partial charge on any atom is 0.338 e. The van der Waals surface area contributed by atoms with Gasteiger partial charge in [0.1, 0.15) is 5.82 Å². The number of hydrogen-bond acceptors (Lipinski definition) is 5. The van der Waals surface area contributed by atoms with Gasteiger partial charge in [0.25, 0.3) is 0 Å². The number of fused-ring (bicyclic) bond motifs is 1. The van der Waals surface area contributed by atoms with Crippen molar-refractivity contribution < 1.29 is 4.79 Å². The number of nitrogens with one attached hydrogen (secondary N) is 3. The summed E-state index contributed by atoms with van der Waals surface area (Å²) in [7, 11) is 1.87. The van der Waals surface area contributed by atoms with Gasteiger partial charge in [0.05, 0.1) is 10.7 Å². The van der Waals surface area contributed by atoms with Crippen molar-refractivity contribution >= 4 is 55.2 Å². The Morgan fingerprint density at radius 3 is 2.65 bits per heavy atom. The van der Waals surface area contributed by atoms with Crippen LogP contribution in [0.4, 0.5) is 15.6 Å². The van der Waals surface area contributed by atoms with Crippen LogP contribution in [0.1, 0.15) is 35.9 Å². The van der Waals surface area contributed by atoms with Gasteiger partial charge in [-0.15, -0.1) is 11.3 Å². The van der Waals surface area contributed by atoms with Gasteiger partial charge in [0.15, 0.2) is 5.65 Å². The topological polar surface area (TPSA) is 83.9 Å². The summed E-state index contributed by atoms with van der Waals surface area (Å²) in [4.78, 5) is 17.8. The molecular weight excluding hydrogens is 416 g/mol. The van der Waals surface area contributed by atoms with Crippen molar-refractivity contribution in [3.63, 3.8) is 0 Å². The molecule has 0 aliphatic heterocycles. The van der Waals surface area contributed by atoms with Gasteiger partial charge >= 0.3 is 6.03 Å². The fourth-order valence-electron chi connectivity index (χ4n) is 2.78. The molecule has 7 nitrogen and oxygen atoms in total. The molecule has 0 bridgehead atoms. The molecule has 3 aromatic heterocycles. The number of rotatable bonds is 4. The predicted molar refractivity (Wildman–Crippen MR) is 110 cm³/mol. The number of aromatic nitrogens is 3. The van der Waals surface area contributed by atoms with Crippen molar-refractivity contribution in [1.29, 1.82) is 0 Å². The molecule has 0 atom stereocenters. The smallest absolute Gasteiger partial charge is 0.298 e. The van der Waals surface area contributed by atoms with Crippen molar-refractivity contribution in [1.82, 2.24) is 20.2 Å². The molecule has 3 heterocycles. The van der Waals surface area contributed by atoms with Gasteiger partial charge in [0.2, 0.25) is 0 Å². The summed E-state index contributed by atoms with van der Waals surface area (Å²) in [6, 6.07) is 3.47. The Labute approximate surface area is 164 Å². The number of nitrogens with zero attached hydrogens (tertiary/aromatic N) is 3. The molecule has 0 aliphatic rings. The average Bonchev–Trinajstić information content (AvgIpc) is 3.03. The highest BCUT2D eigenvalue weighted by atomic mass is 79.9. The van der Waals surface area contributed by atoms with E-state index in [0.29, 0.717) is 11.7 Å². The molecule has 2 amide bonds. The van der Waals surface area contributed by atoms with Crippen molar-refractivity contribution in [2.75, 3.05) is 10.7 Å². The highest BCUT2D eigenvalue weighted by Gasteiger charge is 2.16. The third-order valence-electron chi connectivity index (χ3n) is 4.02. The molecule has 0 radical (unpaired) electrons. The average molecular weight is 437 g/mol. The molecule has 0 saturated carbocycles. The number of hydrazine groups is 1. The van der Waals surface area contributed by atoms with Gasteiger partial charge in [0, 0.05) is 21.8 Å². The van der Waals surface area contributed by atoms with Crippen molar-refractivity contribution in [3.05, 3.63) is 32.7 Å². The van der Waals surface area contributed by atoms with E-state index in [1.807, 2.05) is 33.0 Å². The first-order valence-corrected chi connectivity index (χ1v) is 9.80. The van der Waals surface area contributed by atoms with Gasteiger partial charge < -0.3 is 0 Å². The summed E-state index contributed by atoms with van der Waals surface area (Å²) in [5.41, 5.74) is 8.40. The standard InChI is InChI=1S/C17H21BrN6OS/c1-8(2)11-6-13(19-16-15(11)9(3)23-24(16)5)21-22-17(25)20-14-7-12(18)10(4)26-14/h6-8H,1-5H3,(H,19,21)(H2,20,22,25). The monoisotopic (exact) mass is 436 g/mol. The highest BCUT2D eigenvalue weighted by Crippen LogP contribution is 2.30. The predicted octanol–water partition coefficient (Wildman–Crippen LogP) is 4.68. The molecule has 26 heavy (non-hydrogen) atoms. The number of carbonyl (C=O) groups is 1. The number of halogens is 1. The Bertz CT molecular complexity index is 958. The fraction of sp³-hybridized carbons (Fsp3) is 0.353. The van der Waals surface area contributed by atoms with Gasteiger partial charge in [-0.25, -0.2) is 9.78 Å². The minimum absolute atomic E-state index is 0.309. The summed E-state index contributed by atoms with van der Waals surface area (Å²) in [5.74, 6) is 0.882. The largest absolute Gasteiger partial charge is 0.338 e. The third kappa shape index (κ3) is 3.68. The Hall–Kier alpha value is -2.13. The first-order chi connectivity index (χ1) is 12.3. The van der Waals surface area contributed by atoms with Crippen LogP contribution in [0.3, 0.4) is 0 Å². The second-order valence-electron chi connectivity index (χ2n) is 6.38. The third-order valence-corrected chi connectivity index (χ3v) is 6.07. The normalized spacial score (nSPS) is 11.2. The molecule has 0 spiro atoms. The maximum absolute atomic E-state index is 12.1. The first-order valence-electron chi connectivity index (χ1n) is 8.19. The number of carbonyl (C=O) groups excluding carboxylic acids is 1. The number of hydrogen-bond donors (Lipinski definition) is 3. The molecule has 138 valence electrons. The Morgan fingerprint density at radius 1 is 1.31 bits per heavy atom. The van der Waals surface area contributed by atoms with E-state index in [4.69, 9.17) is 0 Å². The van der Waals surface area contributed by atoms with E-state index in [0.717, 1.165) is 36.6 Å². The van der Waals surface area contributed by atoms with Crippen LogP contribution < -0.4 is 16.2 Å². The molecule has 3 N–H and O–H groups in total. The molecule has 3 aromatic rings. The number of anilines is 2. The van der Waals surface area contributed by atoms with E-state index >= 15 is 0 Å². The Balaban J connectivity index is 1.78. The molecule has 3 rings (SSSR count). The van der Waals surface area contributed by atoms with Crippen molar-refractivity contribution in [3.8, 4) is 0 Å². The van der Waals surface area contributed by atoms with Crippen LogP contribution in [0.15, 0.2) is 16.6 Å². The zero-order chi connectivity index (χ0) is 19.0. The van der Waals surface area contributed by atoms with Crippen molar-refractivity contribution in [2.45, 2.75) is 33.6 Å². The fourth-order valence-corrected chi connectivity index (χ4v) is 4.21. The van der Waals surface area contributed by atoms with Crippen molar-refractivity contribution in [2.24, 2.45) is 7.05 Å². The van der Waals surface area contributed by atoms with Crippen LogP contribution in [0.2, 0.25) is 0 Å². The van der Waals surface area contributed by atoms with Gasteiger partial charge in [-0.3, -0.25) is 20.9 Å². The number of amides is 2. The maximum atomic E-state index is 12.1. The Morgan fingerprint density at radius 2 is 2.04 bits per heavy atom. The minimum Gasteiger partial charge on any atom is -0.298 e. The zero-order valence-corrected chi connectivity index (χ0v) is 17.7. The lowest BCUT2D eigenvalue weighted by molar-refractivity contribution is 0.254. The highest BCUT2D eigenvalue weighted by molar-refractivity contribution is 9.10.